The molecule has 3 unspecified atom stereocenters. The number of hydrogen-bond donors (Lipinski definition) is 1. The lowest BCUT2D eigenvalue weighted by atomic mass is 9.53. The topological polar surface area (TPSA) is 63.6 Å². The van der Waals surface area contributed by atoms with Crippen LogP contribution < -0.4 is 0 Å². The van der Waals surface area contributed by atoms with Gasteiger partial charge in [0, 0.05) is 0 Å². The molecule has 0 spiro atoms. The summed E-state index contributed by atoms with van der Waals surface area (Å²) in [5.74, 6) is 1.07. The second-order valence-corrected chi connectivity index (χ2v) is 7.56. The molecule has 0 saturated heterocycles. The SMILES string of the molecule is CS(=O)(=O)OC1[C@@H]2CC3C[C@H]1CC(O)(C3)C2. The smallest absolute Gasteiger partial charge is 0.264 e. The van der Waals surface area contributed by atoms with Gasteiger partial charge in [0.25, 0.3) is 10.1 Å². The second-order valence-electron chi connectivity index (χ2n) is 5.96. The molecule has 0 aromatic rings. The van der Waals surface area contributed by atoms with Crippen LogP contribution in [-0.2, 0) is 14.3 Å². The van der Waals surface area contributed by atoms with Gasteiger partial charge in [-0.2, -0.15) is 8.42 Å². The summed E-state index contributed by atoms with van der Waals surface area (Å²) in [6.45, 7) is 0. The Morgan fingerprint density at radius 3 is 2.19 bits per heavy atom. The molecule has 0 aromatic heterocycles. The van der Waals surface area contributed by atoms with Crippen molar-refractivity contribution in [1.29, 1.82) is 0 Å². The van der Waals surface area contributed by atoms with Gasteiger partial charge in [-0.3, -0.25) is 4.18 Å². The lowest BCUT2D eigenvalue weighted by Gasteiger charge is -2.57. The second kappa shape index (κ2) is 3.21. The average Bonchev–Trinajstić information content (AvgIpc) is 2.06. The molecule has 4 nitrogen and oxygen atoms in total. The summed E-state index contributed by atoms with van der Waals surface area (Å²) in [6, 6.07) is 0. The molecule has 1 N–H and O–H groups in total. The van der Waals surface area contributed by atoms with Crippen LogP contribution in [0, 0.1) is 17.8 Å². The van der Waals surface area contributed by atoms with Crippen LogP contribution in [-0.4, -0.2) is 31.5 Å². The fourth-order valence-corrected chi connectivity index (χ4v) is 5.01. The van der Waals surface area contributed by atoms with Gasteiger partial charge in [0.05, 0.1) is 18.0 Å². The normalized spacial score (nSPS) is 50.9. The molecule has 16 heavy (non-hydrogen) atoms. The fourth-order valence-electron chi connectivity index (χ4n) is 4.29. The molecule has 0 radical (unpaired) electrons. The minimum Gasteiger partial charge on any atom is -0.390 e. The van der Waals surface area contributed by atoms with E-state index in [2.05, 4.69) is 0 Å². The molecule has 4 fully saturated rings. The zero-order chi connectivity index (χ0) is 11.6. The van der Waals surface area contributed by atoms with E-state index in [9.17, 15) is 13.5 Å². The van der Waals surface area contributed by atoms with E-state index in [1.54, 1.807) is 0 Å². The maximum atomic E-state index is 11.2. The zero-order valence-corrected chi connectivity index (χ0v) is 10.2. The average molecular weight is 246 g/mol. The van der Waals surface area contributed by atoms with E-state index in [-0.39, 0.29) is 17.9 Å². The molecule has 92 valence electrons. The maximum absolute atomic E-state index is 11.2. The maximum Gasteiger partial charge on any atom is 0.264 e. The molecule has 0 aliphatic heterocycles. The Morgan fingerprint density at radius 2 is 1.75 bits per heavy atom. The number of rotatable bonds is 2. The highest BCUT2D eigenvalue weighted by Gasteiger charge is 2.55. The Kier molecular flexibility index (Phi) is 2.20. The number of hydrogen-bond acceptors (Lipinski definition) is 4. The fraction of sp³-hybridized carbons (Fsp3) is 1.00. The van der Waals surface area contributed by atoms with E-state index in [1.165, 1.54) is 0 Å². The summed E-state index contributed by atoms with van der Waals surface area (Å²) < 4.78 is 27.7. The Morgan fingerprint density at radius 1 is 1.19 bits per heavy atom. The molecule has 0 aromatic carbocycles. The Bertz CT molecular complexity index is 386. The monoisotopic (exact) mass is 246 g/mol. The first kappa shape index (κ1) is 11.0. The van der Waals surface area contributed by atoms with Crippen molar-refractivity contribution in [2.45, 2.75) is 43.8 Å². The van der Waals surface area contributed by atoms with E-state index >= 15 is 0 Å². The third kappa shape index (κ3) is 1.79. The van der Waals surface area contributed by atoms with Crippen molar-refractivity contribution in [3.63, 3.8) is 0 Å². The molecule has 5 heteroatoms. The highest BCUT2D eigenvalue weighted by molar-refractivity contribution is 7.86. The van der Waals surface area contributed by atoms with Crippen LogP contribution >= 0.6 is 0 Å². The Labute approximate surface area is 96.1 Å². The number of aliphatic hydroxyl groups is 1. The van der Waals surface area contributed by atoms with Gasteiger partial charge in [-0.25, -0.2) is 0 Å². The van der Waals surface area contributed by atoms with Gasteiger partial charge in [-0.1, -0.05) is 0 Å². The summed E-state index contributed by atoms with van der Waals surface area (Å²) in [5.41, 5.74) is -0.520. The molecule has 0 amide bonds. The first-order valence-electron chi connectivity index (χ1n) is 5.95. The quantitative estimate of drug-likeness (QED) is 0.735. The molecule has 4 rings (SSSR count). The molecular weight excluding hydrogens is 228 g/mol. The van der Waals surface area contributed by atoms with Crippen molar-refractivity contribution in [3.05, 3.63) is 0 Å². The van der Waals surface area contributed by atoms with Crippen LogP contribution in [0.25, 0.3) is 0 Å². The first-order chi connectivity index (χ1) is 7.35. The van der Waals surface area contributed by atoms with Crippen molar-refractivity contribution in [1.82, 2.24) is 0 Å². The van der Waals surface area contributed by atoms with Gasteiger partial charge < -0.3 is 5.11 Å². The molecule has 4 saturated carbocycles. The van der Waals surface area contributed by atoms with Crippen LogP contribution in [0.15, 0.2) is 0 Å². The van der Waals surface area contributed by atoms with Crippen molar-refractivity contribution >= 4 is 10.1 Å². The van der Waals surface area contributed by atoms with Crippen molar-refractivity contribution in [3.8, 4) is 0 Å². The van der Waals surface area contributed by atoms with Crippen LogP contribution in [0.3, 0.4) is 0 Å². The Hall–Kier alpha value is -0.130. The van der Waals surface area contributed by atoms with Crippen molar-refractivity contribution in [2.24, 2.45) is 17.8 Å². The molecule has 4 bridgehead atoms. The van der Waals surface area contributed by atoms with E-state index in [4.69, 9.17) is 4.18 Å². The van der Waals surface area contributed by atoms with Crippen LogP contribution in [0.1, 0.15) is 32.1 Å². The van der Waals surface area contributed by atoms with Crippen LogP contribution in [0.2, 0.25) is 0 Å². The predicted octanol–water partition coefficient (Wildman–Crippen LogP) is 0.902. The summed E-state index contributed by atoms with van der Waals surface area (Å²) in [7, 11) is -3.37. The van der Waals surface area contributed by atoms with Crippen LogP contribution in [0.4, 0.5) is 0 Å². The minimum absolute atomic E-state index is 0.174. The lowest BCUT2D eigenvalue weighted by Crippen LogP contribution is -2.57. The van der Waals surface area contributed by atoms with Gasteiger partial charge in [-0.15, -0.1) is 0 Å². The van der Waals surface area contributed by atoms with E-state index in [0.717, 1.165) is 38.4 Å². The first-order valence-corrected chi connectivity index (χ1v) is 7.77. The summed E-state index contributed by atoms with van der Waals surface area (Å²) in [4.78, 5) is 0. The summed E-state index contributed by atoms with van der Waals surface area (Å²) in [6.07, 6.45) is 5.35. The van der Waals surface area contributed by atoms with Crippen molar-refractivity contribution < 1.29 is 17.7 Å². The van der Waals surface area contributed by atoms with E-state index < -0.39 is 15.7 Å². The summed E-state index contributed by atoms with van der Waals surface area (Å²) >= 11 is 0. The van der Waals surface area contributed by atoms with Gasteiger partial charge >= 0.3 is 0 Å². The third-order valence-electron chi connectivity index (χ3n) is 4.44. The molecule has 5 atom stereocenters. The third-order valence-corrected chi connectivity index (χ3v) is 5.01. The largest absolute Gasteiger partial charge is 0.390 e. The minimum atomic E-state index is -3.37. The summed E-state index contributed by atoms with van der Waals surface area (Å²) in [5, 5.41) is 10.3. The zero-order valence-electron chi connectivity index (χ0n) is 9.43. The molecular formula is C11H18O4S. The Balaban J connectivity index is 1.84. The molecule has 4 aliphatic carbocycles. The standard InChI is InChI=1S/C11H18O4S/c1-16(13,14)15-10-8-2-7-3-9(10)6-11(12,4-7)5-8/h7-10,12H,2-6H2,1H3/t7?,8-,9+,10?,11?. The highest BCUT2D eigenvalue weighted by atomic mass is 32.2. The predicted molar refractivity (Wildman–Crippen MR) is 58.2 cm³/mol. The van der Waals surface area contributed by atoms with Crippen molar-refractivity contribution in [2.75, 3.05) is 6.26 Å². The molecule has 4 aliphatic rings. The van der Waals surface area contributed by atoms with Gasteiger partial charge in [0.2, 0.25) is 0 Å². The lowest BCUT2D eigenvalue weighted by molar-refractivity contribution is -0.167. The van der Waals surface area contributed by atoms with E-state index in [1.807, 2.05) is 0 Å². The van der Waals surface area contributed by atoms with Crippen LogP contribution in [0.5, 0.6) is 0 Å². The van der Waals surface area contributed by atoms with E-state index in [0.29, 0.717) is 5.92 Å². The highest BCUT2D eigenvalue weighted by Crippen LogP contribution is 2.56. The van der Waals surface area contributed by atoms with Gasteiger partial charge in [-0.05, 0) is 49.9 Å². The van der Waals surface area contributed by atoms with Gasteiger partial charge in [0.1, 0.15) is 0 Å². The molecule has 0 heterocycles. The van der Waals surface area contributed by atoms with Gasteiger partial charge in [0.15, 0.2) is 0 Å².